The number of hydrogen-bond acceptors (Lipinski definition) is 3. The first-order chi connectivity index (χ1) is 12.5. The molecule has 0 aromatic heterocycles. The molecule has 0 aliphatic rings. The molecule has 0 saturated carbocycles. The van der Waals surface area contributed by atoms with Crippen molar-refractivity contribution >= 4 is 5.91 Å². The molecular weight excluding hydrogens is 326 g/mol. The Hall–Kier alpha value is -2.75. The molecule has 138 valence electrons. The Labute approximate surface area is 155 Å². The molecule has 0 bridgehead atoms. The summed E-state index contributed by atoms with van der Waals surface area (Å²) in [7, 11) is 3.28. The highest BCUT2D eigenvalue weighted by Gasteiger charge is 2.16. The van der Waals surface area contributed by atoms with Crippen molar-refractivity contribution in [2.45, 2.75) is 32.7 Å². The van der Waals surface area contributed by atoms with E-state index in [-0.39, 0.29) is 11.9 Å². The lowest BCUT2D eigenvalue weighted by atomic mass is 10.0. The largest absolute Gasteiger partial charge is 0.496 e. The quantitative estimate of drug-likeness (QED) is 0.704. The fourth-order valence-corrected chi connectivity index (χ4v) is 3.02. The maximum absolute atomic E-state index is 12.7. The van der Waals surface area contributed by atoms with E-state index in [0.717, 1.165) is 34.6 Å². The van der Waals surface area contributed by atoms with Gasteiger partial charge in [0.05, 0.1) is 20.3 Å². The number of methoxy groups -OCH3 is 2. The standard InChI is InChI=1S/C22H27NO3/c1-6-8-17-14-18(10-12-21(17)26-5)22(24)23-19(7-2)16-9-11-20(25-4)15(3)13-16/h6,9-14,19H,1,7-8H2,2-5H3,(H,23,24)/t19-/m0/s1. The van der Waals surface area contributed by atoms with Gasteiger partial charge in [0, 0.05) is 5.56 Å². The van der Waals surface area contributed by atoms with Crippen LogP contribution < -0.4 is 14.8 Å². The van der Waals surface area contributed by atoms with Crippen LogP contribution in [-0.2, 0) is 6.42 Å². The highest BCUT2D eigenvalue weighted by molar-refractivity contribution is 5.94. The van der Waals surface area contributed by atoms with Crippen LogP contribution in [0.5, 0.6) is 11.5 Å². The molecule has 1 N–H and O–H groups in total. The summed E-state index contributed by atoms with van der Waals surface area (Å²) >= 11 is 0. The van der Waals surface area contributed by atoms with Crippen LogP contribution in [0.1, 0.15) is 46.4 Å². The van der Waals surface area contributed by atoms with Gasteiger partial charge in [-0.05, 0) is 60.7 Å². The van der Waals surface area contributed by atoms with Crippen molar-refractivity contribution in [3.63, 3.8) is 0 Å². The molecule has 0 aliphatic carbocycles. The van der Waals surface area contributed by atoms with Crippen molar-refractivity contribution in [3.8, 4) is 11.5 Å². The molecule has 26 heavy (non-hydrogen) atoms. The van der Waals surface area contributed by atoms with Crippen LogP contribution in [0.3, 0.4) is 0 Å². The Morgan fingerprint density at radius 3 is 2.42 bits per heavy atom. The maximum Gasteiger partial charge on any atom is 0.251 e. The van der Waals surface area contributed by atoms with Crippen molar-refractivity contribution in [2.24, 2.45) is 0 Å². The van der Waals surface area contributed by atoms with Crippen LogP contribution >= 0.6 is 0 Å². The van der Waals surface area contributed by atoms with Gasteiger partial charge in [-0.1, -0.05) is 25.1 Å². The van der Waals surface area contributed by atoms with Gasteiger partial charge in [0.1, 0.15) is 11.5 Å². The van der Waals surface area contributed by atoms with Gasteiger partial charge in [0.2, 0.25) is 0 Å². The second-order valence-corrected chi connectivity index (χ2v) is 6.18. The van der Waals surface area contributed by atoms with Gasteiger partial charge in [-0.15, -0.1) is 6.58 Å². The molecule has 0 radical (unpaired) electrons. The number of benzene rings is 2. The van der Waals surface area contributed by atoms with Crippen molar-refractivity contribution in [2.75, 3.05) is 14.2 Å². The number of ether oxygens (including phenoxy) is 2. The molecule has 1 atom stereocenters. The van der Waals surface area contributed by atoms with E-state index in [2.05, 4.69) is 24.9 Å². The van der Waals surface area contributed by atoms with Gasteiger partial charge < -0.3 is 14.8 Å². The van der Waals surface area contributed by atoms with Crippen molar-refractivity contribution < 1.29 is 14.3 Å². The molecule has 2 aromatic rings. The Kier molecular flexibility index (Phi) is 6.84. The number of carbonyl (C=O) groups is 1. The van der Waals surface area contributed by atoms with Gasteiger partial charge in [-0.2, -0.15) is 0 Å². The number of nitrogens with one attached hydrogen (secondary N) is 1. The Morgan fingerprint density at radius 1 is 1.15 bits per heavy atom. The molecule has 2 rings (SSSR count). The number of hydrogen-bond donors (Lipinski definition) is 1. The van der Waals surface area contributed by atoms with Crippen LogP contribution in [-0.4, -0.2) is 20.1 Å². The molecule has 0 aliphatic heterocycles. The van der Waals surface area contributed by atoms with Gasteiger partial charge in [-0.25, -0.2) is 0 Å². The summed E-state index contributed by atoms with van der Waals surface area (Å²) in [6.45, 7) is 7.82. The normalized spacial score (nSPS) is 11.5. The summed E-state index contributed by atoms with van der Waals surface area (Å²) in [6.07, 6.45) is 3.25. The minimum Gasteiger partial charge on any atom is -0.496 e. The number of carbonyl (C=O) groups excluding carboxylic acids is 1. The molecule has 0 spiro atoms. The van der Waals surface area contributed by atoms with E-state index in [1.54, 1.807) is 26.4 Å². The van der Waals surface area contributed by atoms with Gasteiger partial charge in [0.25, 0.3) is 5.91 Å². The Bertz CT molecular complexity index is 783. The van der Waals surface area contributed by atoms with E-state index >= 15 is 0 Å². The number of allylic oxidation sites excluding steroid dienone is 1. The van der Waals surface area contributed by atoms with Crippen molar-refractivity contribution in [3.05, 3.63) is 71.3 Å². The van der Waals surface area contributed by atoms with Crippen LogP contribution in [0.15, 0.2) is 49.1 Å². The summed E-state index contributed by atoms with van der Waals surface area (Å²) in [5.74, 6) is 1.51. The lowest BCUT2D eigenvalue weighted by molar-refractivity contribution is 0.0935. The molecule has 0 fully saturated rings. The van der Waals surface area contributed by atoms with E-state index in [1.807, 2.05) is 31.2 Å². The number of aryl methyl sites for hydroxylation is 1. The predicted molar refractivity (Wildman–Crippen MR) is 105 cm³/mol. The minimum absolute atomic E-state index is 0.0583. The van der Waals surface area contributed by atoms with E-state index in [9.17, 15) is 4.79 Å². The monoisotopic (exact) mass is 353 g/mol. The van der Waals surface area contributed by atoms with Gasteiger partial charge >= 0.3 is 0 Å². The molecule has 2 aromatic carbocycles. The van der Waals surface area contributed by atoms with E-state index < -0.39 is 0 Å². The van der Waals surface area contributed by atoms with E-state index in [0.29, 0.717) is 12.0 Å². The summed E-state index contributed by atoms with van der Waals surface area (Å²) in [6, 6.07) is 11.4. The average molecular weight is 353 g/mol. The molecule has 1 amide bonds. The van der Waals surface area contributed by atoms with Gasteiger partial charge in [-0.3, -0.25) is 4.79 Å². The summed E-state index contributed by atoms with van der Waals surface area (Å²) in [5, 5.41) is 3.12. The third-order valence-corrected chi connectivity index (χ3v) is 4.44. The van der Waals surface area contributed by atoms with Crippen molar-refractivity contribution in [1.29, 1.82) is 0 Å². The highest BCUT2D eigenvalue weighted by atomic mass is 16.5. The number of rotatable bonds is 8. The highest BCUT2D eigenvalue weighted by Crippen LogP contribution is 2.25. The average Bonchev–Trinajstić information content (AvgIpc) is 2.66. The van der Waals surface area contributed by atoms with Crippen molar-refractivity contribution in [1.82, 2.24) is 5.32 Å². The Balaban J connectivity index is 2.22. The number of amides is 1. The third-order valence-electron chi connectivity index (χ3n) is 4.44. The first-order valence-electron chi connectivity index (χ1n) is 8.77. The third kappa shape index (κ3) is 4.45. The first kappa shape index (κ1) is 19.6. The van der Waals surface area contributed by atoms with Crippen LogP contribution in [0.25, 0.3) is 0 Å². The zero-order chi connectivity index (χ0) is 19.1. The molecule has 0 unspecified atom stereocenters. The Morgan fingerprint density at radius 2 is 1.85 bits per heavy atom. The zero-order valence-electron chi connectivity index (χ0n) is 16.0. The summed E-state index contributed by atoms with van der Waals surface area (Å²) < 4.78 is 10.7. The SMILES string of the molecule is C=CCc1cc(C(=O)N[C@@H](CC)c2ccc(OC)c(C)c2)ccc1OC. The zero-order valence-corrected chi connectivity index (χ0v) is 16.0. The first-order valence-corrected chi connectivity index (χ1v) is 8.77. The minimum atomic E-state index is -0.0988. The van der Waals surface area contributed by atoms with Crippen LogP contribution in [0.4, 0.5) is 0 Å². The smallest absolute Gasteiger partial charge is 0.251 e. The van der Waals surface area contributed by atoms with Crippen LogP contribution in [0, 0.1) is 6.92 Å². The molecule has 0 heterocycles. The summed E-state index contributed by atoms with van der Waals surface area (Å²) in [4.78, 5) is 12.7. The predicted octanol–water partition coefficient (Wildman–Crippen LogP) is 4.62. The molecular formula is C22H27NO3. The molecule has 4 nitrogen and oxygen atoms in total. The lowest BCUT2D eigenvalue weighted by Gasteiger charge is -2.19. The second kappa shape index (κ2) is 9.09. The van der Waals surface area contributed by atoms with Crippen LogP contribution in [0.2, 0.25) is 0 Å². The second-order valence-electron chi connectivity index (χ2n) is 6.18. The fraction of sp³-hybridized carbons (Fsp3) is 0.318. The fourth-order valence-electron chi connectivity index (χ4n) is 3.02. The van der Waals surface area contributed by atoms with Gasteiger partial charge in [0.15, 0.2) is 0 Å². The maximum atomic E-state index is 12.7. The topological polar surface area (TPSA) is 47.6 Å². The summed E-state index contributed by atoms with van der Waals surface area (Å²) in [5.41, 5.74) is 3.68. The molecule has 0 saturated heterocycles. The van der Waals surface area contributed by atoms with E-state index in [1.165, 1.54) is 0 Å². The molecule has 4 heteroatoms. The van der Waals surface area contributed by atoms with E-state index in [4.69, 9.17) is 9.47 Å². The lowest BCUT2D eigenvalue weighted by Crippen LogP contribution is -2.28.